The summed E-state index contributed by atoms with van der Waals surface area (Å²) in [5, 5.41) is 22.8. The Kier molecular flexibility index (Phi) is 4.24. The van der Waals surface area contributed by atoms with E-state index in [1.165, 1.54) is 12.1 Å². The summed E-state index contributed by atoms with van der Waals surface area (Å²) < 4.78 is 0. The van der Waals surface area contributed by atoms with Crippen molar-refractivity contribution in [2.75, 3.05) is 11.9 Å². The third-order valence-corrected chi connectivity index (χ3v) is 2.81. The lowest BCUT2D eigenvalue weighted by Gasteiger charge is -2.06. The highest BCUT2D eigenvalue weighted by Gasteiger charge is 2.13. The Labute approximate surface area is 115 Å². The van der Waals surface area contributed by atoms with Crippen LogP contribution in [-0.4, -0.2) is 16.5 Å². The lowest BCUT2D eigenvalue weighted by Crippen LogP contribution is -2.05. The molecule has 0 saturated heterocycles. The van der Waals surface area contributed by atoms with Crippen LogP contribution in [0.15, 0.2) is 42.7 Å². The third kappa shape index (κ3) is 3.29. The highest BCUT2D eigenvalue weighted by molar-refractivity contribution is 5.59. The second kappa shape index (κ2) is 6.29. The number of nitrogens with one attached hydrogen (secondary N) is 1. The minimum atomic E-state index is -0.549. The fourth-order valence-electron chi connectivity index (χ4n) is 1.79. The van der Waals surface area contributed by atoms with Crippen LogP contribution in [0.2, 0.25) is 0 Å². The summed E-state index contributed by atoms with van der Waals surface area (Å²) in [6.45, 7) is 0.646. The maximum atomic E-state index is 10.8. The minimum Gasteiger partial charge on any atom is -0.385 e. The van der Waals surface area contributed by atoms with Crippen molar-refractivity contribution in [2.24, 2.45) is 0 Å². The van der Waals surface area contributed by atoms with Gasteiger partial charge in [-0.25, -0.2) is 0 Å². The molecule has 0 saturated carbocycles. The van der Waals surface area contributed by atoms with Crippen LogP contribution >= 0.6 is 0 Å². The summed E-state index contributed by atoms with van der Waals surface area (Å²) in [4.78, 5) is 14.2. The van der Waals surface area contributed by atoms with Gasteiger partial charge in [0.2, 0.25) is 0 Å². The fourth-order valence-corrected chi connectivity index (χ4v) is 1.79. The van der Waals surface area contributed by atoms with Crippen molar-refractivity contribution in [1.29, 1.82) is 5.26 Å². The van der Waals surface area contributed by atoms with Crippen LogP contribution < -0.4 is 5.32 Å². The zero-order valence-electron chi connectivity index (χ0n) is 10.6. The molecule has 0 amide bonds. The van der Waals surface area contributed by atoms with E-state index in [0.717, 1.165) is 12.0 Å². The van der Waals surface area contributed by atoms with Gasteiger partial charge in [0.05, 0.1) is 4.92 Å². The van der Waals surface area contributed by atoms with Gasteiger partial charge < -0.3 is 5.32 Å². The van der Waals surface area contributed by atoms with Gasteiger partial charge in [0, 0.05) is 30.7 Å². The Morgan fingerprint density at radius 1 is 1.30 bits per heavy atom. The fraction of sp³-hybridized carbons (Fsp3) is 0.143. The molecule has 2 rings (SSSR count). The van der Waals surface area contributed by atoms with E-state index in [4.69, 9.17) is 5.26 Å². The van der Waals surface area contributed by atoms with Gasteiger partial charge in [0.1, 0.15) is 11.6 Å². The largest absolute Gasteiger partial charge is 0.385 e. The highest BCUT2D eigenvalue weighted by atomic mass is 16.6. The number of nitro groups is 1. The Morgan fingerprint density at radius 2 is 2.05 bits per heavy atom. The van der Waals surface area contributed by atoms with E-state index in [1.807, 2.05) is 18.2 Å². The molecule has 6 heteroatoms. The summed E-state index contributed by atoms with van der Waals surface area (Å²) in [7, 11) is 0. The van der Waals surface area contributed by atoms with Crippen molar-refractivity contribution in [3.05, 3.63) is 64.0 Å². The van der Waals surface area contributed by atoms with Crippen LogP contribution in [0.1, 0.15) is 11.1 Å². The zero-order chi connectivity index (χ0) is 14.4. The van der Waals surface area contributed by atoms with Crippen LogP contribution in [0, 0.1) is 21.4 Å². The topological polar surface area (TPSA) is 91.8 Å². The molecule has 0 aliphatic rings. The second-order valence-electron chi connectivity index (χ2n) is 4.13. The number of nitro benzene ring substituents is 1. The molecule has 1 N–H and O–H groups in total. The van der Waals surface area contributed by atoms with Crippen LogP contribution in [-0.2, 0) is 6.42 Å². The van der Waals surface area contributed by atoms with Gasteiger partial charge >= 0.3 is 0 Å². The molecule has 0 radical (unpaired) electrons. The number of rotatable bonds is 5. The summed E-state index contributed by atoms with van der Waals surface area (Å²) >= 11 is 0. The predicted molar refractivity (Wildman–Crippen MR) is 74.2 cm³/mol. The molecule has 0 bridgehead atoms. The first-order chi connectivity index (χ1) is 9.70. The number of nitrogens with zero attached hydrogens (tertiary/aromatic N) is 3. The third-order valence-electron chi connectivity index (χ3n) is 2.81. The molecule has 1 heterocycles. The molecule has 2 aromatic rings. The molecular weight excluding hydrogens is 256 g/mol. The normalized spacial score (nSPS) is 9.75. The summed E-state index contributed by atoms with van der Waals surface area (Å²) in [5.74, 6) is 0. The van der Waals surface area contributed by atoms with Crippen molar-refractivity contribution >= 4 is 11.4 Å². The van der Waals surface area contributed by atoms with Gasteiger partial charge in [-0.1, -0.05) is 0 Å². The molecular formula is C14H12N4O2. The number of aromatic nitrogens is 1. The lowest BCUT2D eigenvalue weighted by molar-refractivity contribution is -0.385. The molecule has 1 aromatic carbocycles. The second-order valence-corrected chi connectivity index (χ2v) is 4.13. The van der Waals surface area contributed by atoms with Crippen LogP contribution in [0.25, 0.3) is 0 Å². The summed E-state index contributed by atoms with van der Waals surface area (Å²) in [5.41, 5.74) is 1.65. The van der Waals surface area contributed by atoms with Crippen molar-refractivity contribution in [3.8, 4) is 6.07 Å². The Hall–Kier alpha value is -2.94. The standard InChI is InChI=1S/C14H12N4O2/c15-10-12-1-2-13(9-14(12)18(19)20)17-8-5-11-3-6-16-7-4-11/h1-4,6-7,9,17H,5,8H2. The number of hydrogen-bond acceptors (Lipinski definition) is 5. The zero-order valence-corrected chi connectivity index (χ0v) is 10.6. The van der Waals surface area contributed by atoms with E-state index in [0.29, 0.717) is 12.2 Å². The van der Waals surface area contributed by atoms with E-state index < -0.39 is 4.92 Å². The molecule has 0 atom stereocenters. The Morgan fingerprint density at radius 3 is 2.70 bits per heavy atom. The van der Waals surface area contributed by atoms with Gasteiger partial charge in [0.25, 0.3) is 5.69 Å². The monoisotopic (exact) mass is 268 g/mol. The Balaban J connectivity index is 2.02. The molecule has 0 aliphatic heterocycles. The summed E-state index contributed by atoms with van der Waals surface area (Å²) in [6.07, 6.45) is 4.24. The van der Waals surface area contributed by atoms with Crippen molar-refractivity contribution in [3.63, 3.8) is 0 Å². The maximum Gasteiger partial charge on any atom is 0.289 e. The van der Waals surface area contributed by atoms with E-state index in [9.17, 15) is 10.1 Å². The average Bonchev–Trinajstić information content (AvgIpc) is 2.48. The van der Waals surface area contributed by atoms with E-state index in [2.05, 4.69) is 10.3 Å². The number of anilines is 1. The van der Waals surface area contributed by atoms with Gasteiger partial charge in [-0.2, -0.15) is 5.26 Å². The number of nitriles is 1. The SMILES string of the molecule is N#Cc1ccc(NCCc2ccncc2)cc1[N+](=O)[O-]. The number of pyridine rings is 1. The first-order valence-corrected chi connectivity index (χ1v) is 6.02. The molecule has 1 aromatic heterocycles. The van der Waals surface area contributed by atoms with Gasteiger partial charge in [-0.3, -0.25) is 15.1 Å². The lowest BCUT2D eigenvalue weighted by atomic mass is 10.1. The van der Waals surface area contributed by atoms with Crippen molar-refractivity contribution in [2.45, 2.75) is 6.42 Å². The molecule has 0 spiro atoms. The molecule has 6 nitrogen and oxygen atoms in total. The first kappa shape index (κ1) is 13.5. The predicted octanol–water partition coefficient (Wildman–Crippen LogP) is 2.52. The molecule has 0 fully saturated rings. The molecule has 20 heavy (non-hydrogen) atoms. The first-order valence-electron chi connectivity index (χ1n) is 6.02. The van der Waals surface area contributed by atoms with E-state index >= 15 is 0 Å². The van der Waals surface area contributed by atoms with Crippen LogP contribution in [0.4, 0.5) is 11.4 Å². The maximum absolute atomic E-state index is 10.8. The highest BCUT2D eigenvalue weighted by Crippen LogP contribution is 2.22. The van der Waals surface area contributed by atoms with Gasteiger partial charge in [-0.05, 0) is 36.2 Å². The van der Waals surface area contributed by atoms with Crippen molar-refractivity contribution in [1.82, 2.24) is 4.98 Å². The number of benzene rings is 1. The van der Waals surface area contributed by atoms with Crippen LogP contribution in [0.3, 0.4) is 0 Å². The van der Waals surface area contributed by atoms with Gasteiger partial charge in [0.15, 0.2) is 0 Å². The van der Waals surface area contributed by atoms with Crippen molar-refractivity contribution < 1.29 is 4.92 Å². The molecule has 0 aliphatic carbocycles. The molecule has 100 valence electrons. The van der Waals surface area contributed by atoms with E-state index in [-0.39, 0.29) is 11.3 Å². The quantitative estimate of drug-likeness (QED) is 0.664. The minimum absolute atomic E-state index is 0.0645. The van der Waals surface area contributed by atoms with E-state index in [1.54, 1.807) is 18.5 Å². The van der Waals surface area contributed by atoms with Gasteiger partial charge in [-0.15, -0.1) is 0 Å². The smallest absolute Gasteiger partial charge is 0.289 e. The number of hydrogen-bond donors (Lipinski definition) is 1. The summed E-state index contributed by atoms with van der Waals surface area (Å²) in [6, 6.07) is 10.1. The van der Waals surface area contributed by atoms with Crippen LogP contribution in [0.5, 0.6) is 0 Å². The Bertz CT molecular complexity index is 650. The average molecular weight is 268 g/mol. The molecule has 0 unspecified atom stereocenters.